The van der Waals surface area contributed by atoms with Crippen LogP contribution < -0.4 is 4.90 Å². The van der Waals surface area contributed by atoms with E-state index in [9.17, 15) is 0 Å². The van der Waals surface area contributed by atoms with E-state index in [0.29, 0.717) is 6.04 Å². The van der Waals surface area contributed by atoms with Crippen molar-refractivity contribution in [1.29, 1.82) is 0 Å². The van der Waals surface area contributed by atoms with Gasteiger partial charge in [-0.15, -0.1) is 0 Å². The number of hydrogen-bond donors (Lipinski definition) is 0. The normalized spacial score (nSPS) is 10.2. The van der Waals surface area contributed by atoms with Crippen molar-refractivity contribution in [3.63, 3.8) is 0 Å². The first-order chi connectivity index (χ1) is 5.22. The second-order valence-electron chi connectivity index (χ2n) is 2.97. The summed E-state index contributed by atoms with van der Waals surface area (Å²) in [6.07, 6.45) is 0. The molecule has 0 atom stereocenters. The van der Waals surface area contributed by atoms with Crippen molar-refractivity contribution in [2.24, 2.45) is 0 Å². The van der Waals surface area contributed by atoms with Crippen LogP contribution in [0.4, 0.5) is 5.69 Å². The van der Waals surface area contributed by atoms with Crippen LogP contribution in [0.25, 0.3) is 0 Å². The molecule has 11 heavy (non-hydrogen) atoms. The van der Waals surface area contributed by atoms with E-state index in [1.165, 1.54) is 5.69 Å². The van der Waals surface area contributed by atoms with Crippen molar-refractivity contribution in [2.45, 2.75) is 19.9 Å². The molecule has 1 nitrogen and oxygen atoms in total. The first-order valence-electron chi connectivity index (χ1n) is 3.91. The van der Waals surface area contributed by atoms with Gasteiger partial charge in [0.05, 0.1) is 0 Å². The molecule has 0 spiro atoms. The van der Waals surface area contributed by atoms with Gasteiger partial charge in [0.15, 0.2) is 0 Å². The van der Waals surface area contributed by atoms with Gasteiger partial charge in [0.2, 0.25) is 0 Å². The average Bonchev–Trinajstić information content (AvgIpc) is 2.05. The molecule has 1 aromatic rings. The summed E-state index contributed by atoms with van der Waals surface area (Å²) in [5.74, 6) is 0. The fraction of sp³-hybridized carbons (Fsp3) is 0.400. The Morgan fingerprint density at radius 3 is 2.64 bits per heavy atom. The van der Waals surface area contributed by atoms with Gasteiger partial charge in [0, 0.05) is 18.8 Å². The van der Waals surface area contributed by atoms with Crippen molar-refractivity contribution in [2.75, 3.05) is 11.9 Å². The highest BCUT2D eigenvalue weighted by atomic mass is 15.1. The minimum absolute atomic E-state index is 0.547. The molecule has 0 unspecified atom stereocenters. The highest BCUT2D eigenvalue weighted by molar-refractivity contribution is 5.45. The fourth-order valence-corrected chi connectivity index (χ4v) is 0.901. The molecule has 1 rings (SSSR count). The largest absolute Gasteiger partial charge is 0.372 e. The lowest BCUT2D eigenvalue weighted by Gasteiger charge is -2.23. The number of nitrogens with zero attached hydrogens (tertiary/aromatic N) is 1. The second-order valence-corrected chi connectivity index (χ2v) is 2.97. The Balaban J connectivity index is 2.77. The first-order valence-corrected chi connectivity index (χ1v) is 3.91. The molecule has 0 fully saturated rings. The average molecular weight is 148 g/mol. The Hall–Kier alpha value is -0.980. The van der Waals surface area contributed by atoms with Gasteiger partial charge in [0.1, 0.15) is 0 Å². The van der Waals surface area contributed by atoms with E-state index >= 15 is 0 Å². The van der Waals surface area contributed by atoms with Crippen molar-refractivity contribution in [3.05, 3.63) is 30.3 Å². The second kappa shape index (κ2) is 3.42. The maximum absolute atomic E-state index is 3.06. The summed E-state index contributed by atoms with van der Waals surface area (Å²) in [7, 11) is 2.09. The van der Waals surface area contributed by atoms with Crippen LogP contribution in [-0.2, 0) is 0 Å². The van der Waals surface area contributed by atoms with Gasteiger partial charge in [-0.25, -0.2) is 0 Å². The Kier molecular flexibility index (Phi) is 2.53. The van der Waals surface area contributed by atoms with Crippen molar-refractivity contribution >= 4 is 5.69 Å². The maximum Gasteiger partial charge on any atom is 0.0372 e. The van der Waals surface area contributed by atoms with Gasteiger partial charge in [-0.05, 0) is 32.0 Å². The molecule has 0 aliphatic carbocycles. The minimum Gasteiger partial charge on any atom is -0.372 e. The van der Waals surface area contributed by atoms with E-state index in [0.717, 1.165) is 0 Å². The van der Waals surface area contributed by atoms with Crippen molar-refractivity contribution in [3.8, 4) is 0 Å². The molecule has 59 valence electrons. The van der Waals surface area contributed by atoms with Crippen LogP contribution in [-0.4, -0.2) is 13.1 Å². The predicted molar refractivity (Wildman–Crippen MR) is 48.8 cm³/mol. The topological polar surface area (TPSA) is 3.24 Å². The molecular formula is C10H14N. The van der Waals surface area contributed by atoms with Crippen LogP contribution in [0.1, 0.15) is 13.8 Å². The zero-order chi connectivity index (χ0) is 8.27. The van der Waals surface area contributed by atoms with Gasteiger partial charge >= 0.3 is 0 Å². The van der Waals surface area contributed by atoms with Crippen molar-refractivity contribution in [1.82, 2.24) is 0 Å². The number of benzene rings is 1. The predicted octanol–water partition coefficient (Wildman–Crippen LogP) is 2.33. The Morgan fingerprint density at radius 1 is 1.45 bits per heavy atom. The maximum atomic E-state index is 3.06. The lowest BCUT2D eigenvalue weighted by molar-refractivity contribution is 0.755. The number of hydrogen-bond acceptors (Lipinski definition) is 1. The molecule has 0 bridgehead atoms. The lowest BCUT2D eigenvalue weighted by Crippen LogP contribution is -2.25. The Labute approximate surface area is 68.7 Å². The standard InChI is InChI=1S/C10H14N/c1-9(2)11(3)10-7-5-4-6-8-10/h4-5,7-9H,1-3H3. The molecule has 1 radical (unpaired) electrons. The molecule has 0 heterocycles. The summed E-state index contributed by atoms with van der Waals surface area (Å²) in [5.41, 5.74) is 1.22. The van der Waals surface area contributed by atoms with Gasteiger partial charge in [-0.1, -0.05) is 12.1 Å². The zero-order valence-corrected chi connectivity index (χ0v) is 7.33. The van der Waals surface area contributed by atoms with E-state index in [1.54, 1.807) is 0 Å². The molecule has 0 saturated carbocycles. The summed E-state index contributed by atoms with van der Waals surface area (Å²) in [5, 5.41) is 0. The van der Waals surface area contributed by atoms with E-state index < -0.39 is 0 Å². The third-order valence-corrected chi connectivity index (χ3v) is 1.87. The SMILES string of the molecule is CC(C)N(C)c1c[c]ccc1. The molecule has 0 saturated heterocycles. The summed E-state index contributed by atoms with van der Waals surface area (Å²) < 4.78 is 0. The van der Waals surface area contributed by atoms with Crippen LogP contribution in [0.3, 0.4) is 0 Å². The van der Waals surface area contributed by atoms with Crippen LogP contribution >= 0.6 is 0 Å². The lowest BCUT2D eigenvalue weighted by atomic mass is 10.2. The summed E-state index contributed by atoms with van der Waals surface area (Å²) in [4.78, 5) is 2.22. The van der Waals surface area contributed by atoms with Crippen molar-refractivity contribution < 1.29 is 0 Å². The van der Waals surface area contributed by atoms with E-state index in [-0.39, 0.29) is 0 Å². The Bertz CT molecular complexity index is 203. The number of anilines is 1. The molecule has 0 N–H and O–H groups in total. The quantitative estimate of drug-likeness (QED) is 0.622. The summed E-state index contributed by atoms with van der Waals surface area (Å²) in [6, 6.07) is 11.6. The third-order valence-electron chi connectivity index (χ3n) is 1.87. The Morgan fingerprint density at radius 2 is 2.18 bits per heavy atom. The molecule has 0 aliphatic heterocycles. The van der Waals surface area contributed by atoms with Crippen LogP contribution in [0.5, 0.6) is 0 Å². The third kappa shape index (κ3) is 1.97. The van der Waals surface area contributed by atoms with E-state index in [1.807, 2.05) is 18.2 Å². The summed E-state index contributed by atoms with van der Waals surface area (Å²) in [6.45, 7) is 4.35. The van der Waals surface area contributed by atoms with Gasteiger partial charge in [-0.3, -0.25) is 0 Å². The number of rotatable bonds is 2. The van der Waals surface area contributed by atoms with Gasteiger partial charge in [-0.2, -0.15) is 0 Å². The molecule has 0 amide bonds. The fourth-order valence-electron chi connectivity index (χ4n) is 0.901. The zero-order valence-electron chi connectivity index (χ0n) is 7.33. The van der Waals surface area contributed by atoms with E-state index in [4.69, 9.17) is 0 Å². The highest BCUT2D eigenvalue weighted by Gasteiger charge is 2.01. The van der Waals surface area contributed by atoms with Crippen LogP contribution in [0, 0.1) is 6.07 Å². The molecule has 1 aromatic carbocycles. The molecule has 1 heteroatoms. The van der Waals surface area contributed by atoms with Gasteiger partial charge < -0.3 is 4.90 Å². The highest BCUT2D eigenvalue weighted by Crippen LogP contribution is 2.12. The molecule has 0 aliphatic rings. The molecular weight excluding hydrogens is 134 g/mol. The minimum atomic E-state index is 0.547. The molecule has 0 aromatic heterocycles. The monoisotopic (exact) mass is 148 g/mol. The van der Waals surface area contributed by atoms with E-state index in [2.05, 4.69) is 37.9 Å². The van der Waals surface area contributed by atoms with Gasteiger partial charge in [0.25, 0.3) is 0 Å². The summed E-state index contributed by atoms with van der Waals surface area (Å²) >= 11 is 0. The van der Waals surface area contributed by atoms with Crippen LogP contribution in [0.2, 0.25) is 0 Å². The smallest absolute Gasteiger partial charge is 0.0372 e. The first kappa shape index (κ1) is 8.12. The van der Waals surface area contributed by atoms with Crippen LogP contribution in [0.15, 0.2) is 24.3 Å².